The topological polar surface area (TPSA) is 84.6 Å². The highest BCUT2D eigenvalue weighted by Crippen LogP contribution is 2.41. The van der Waals surface area contributed by atoms with E-state index in [1.165, 1.54) is 32.7 Å². The van der Waals surface area contributed by atoms with Gasteiger partial charge in [-0.25, -0.2) is 4.98 Å². The van der Waals surface area contributed by atoms with E-state index >= 15 is 0 Å². The number of hydrogen-bond acceptors (Lipinski definition) is 7. The van der Waals surface area contributed by atoms with Gasteiger partial charge in [0.25, 0.3) is 0 Å². The molecule has 0 unspecified atom stereocenters. The normalized spacial score (nSPS) is 11.6. The molecule has 0 saturated carbocycles. The number of fused-ring (bicyclic) bond motifs is 1. The maximum atomic E-state index is 10.7. The number of thiazole rings is 1. The zero-order valence-corrected chi connectivity index (χ0v) is 15.3. The van der Waals surface area contributed by atoms with Gasteiger partial charge in [0.2, 0.25) is 5.75 Å². The first-order chi connectivity index (χ1) is 12.6. The van der Waals surface area contributed by atoms with Crippen molar-refractivity contribution in [1.29, 1.82) is 5.26 Å². The van der Waals surface area contributed by atoms with E-state index in [0.717, 1.165) is 10.2 Å². The Balaban J connectivity index is 2.18. The average Bonchev–Trinajstić information content (AvgIpc) is 3.10. The third kappa shape index (κ3) is 3.03. The number of aliphatic hydroxyl groups is 1. The van der Waals surface area contributed by atoms with Gasteiger partial charge in [-0.3, -0.25) is 0 Å². The van der Waals surface area contributed by atoms with Crippen LogP contribution in [0.4, 0.5) is 0 Å². The fourth-order valence-corrected chi connectivity index (χ4v) is 3.50. The number of methoxy groups -OCH3 is 3. The van der Waals surface area contributed by atoms with Gasteiger partial charge in [-0.05, 0) is 24.3 Å². The van der Waals surface area contributed by atoms with Crippen LogP contribution in [0.25, 0.3) is 21.5 Å². The van der Waals surface area contributed by atoms with Crippen LogP contribution in [0.2, 0.25) is 0 Å². The molecular weight excluding hydrogens is 352 g/mol. The van der Waals surface area contributed by atoms with E-state index in [9.17, 15) is 10.4 Å². The molecule has 1 heterocycles. The summed E-state index contributed by atoms with van der Waals surface area (Å²) in [4.78, 5) is 4.44. The highest BCUT2D eigenvalue weighted by atomic mass is 32.1. The summed E-state index contributed by atoms with van der Waals surface area (Å²) >= 11 is 1.34. The van der Waals surface area contributed by atoms with Crippen molar-refractivity contribution < 1.29 is 19.3 Å². The van der Waals surface area contributed by atoms with Crippen molar-refractivity contribution in [3.8, 4) is 23.3 Å². The van der Waals surface area contributed by atoms with E-state index < -0.39 is 0 Å². The summed E-state index contributed by atoms with van der Waals surface area (Å²) in [6, 6.07) is 12.8. The van der Waals surface area contributed by atoms with Crippen molar-refractivity contribution in [2.24, 2.45) is 0 Å². The zero-order chi connectivity index (χ0) is 18.7. The fourth-order valence-electron chi connectivity index (χ4n) is 2.54. The molecule has 0 amide bonds. The van der Waals surface area contributed by atoms with Crippen LogP contribution in [0.1, 0.15) is 10.6 Å². The Hall–Kier alpha value is -3.24. The van der Waals surface area contributed by atoms with Crippen molar-refractivity contribution in [2.75, 3.05) is 21.3 Å². The molecule has 1 N–H and O–H groups in total. The van der Waals surface area contributed by atoms with Crippen LogP contribution < -0.4 is 14.2 Å². The predicted octanol–water partition coefficient (Wildman–Crippen LogP) is 4.27. The number of hydrogen-bond donors (Lipinski definition) is 1. The van der Waals surface area contributed by atoms with Crippen LogP contribution >= 0.6 is 11.3 Å². The Morgan fingerprint density at radius 3 is 2.27 bits per heavy atom. The molecule has 3 rings (SSSR count). The molecule has 0 aliphatic rings. The van der Waals surface area contributed by atoms with E-state index in [0.29, 0.717) is 27.8 Å². The molecule has 3 aromatic rings. The monoisotopic (exact) mass is 368 g/mol. The Bertz CT molecular complexity index is 975. The maximum Gasteiger partial charge on any atom is 0.203 e. The molecule has 132 valence electrons. The lowest BCUT2D eigenvalue weighted by atomic mass is 10.1. The Labute approximate surface area is 154 Å². The summed E-state index contributed by atoms with van der Waals surface area (Å²) in [5.74, 6) is 0.973. The molecule has 0 aliphatic heterocycles. The smallest absolute Gasteiger partial charge is 0.203 e. The molecule has 0 saturated heterocycles. The van der Waals surface area contributed by atoms with Gasteiger partial charge in [-0.15, -0.1) is 11.3 Å². The van der Waals surface area contributed by atoms with E-state index in [-0.39, 0.29) is 11.3 Å². The second-order valence-corrected chi connectivity index (χ2v) is 6.27. The van der Waals surface area contributed by atoms with Crippen LogP contribution in [-0.4, -0.2) is 31.4 Å². The molecule has 0 fully saturated rings. The van der Waals surface area contributed by atoms with Gasteiger partial charge >= 0.3 is 0 Å². The van der Waals surface area contributed by atoms with E-state index in [4.69, 9.17) is 14.2 Å². The molecular formula is C19H16N2O4S. The molecule has 1 aromatic heterocycles. The highest BCUT2D eigenvalue weighted by molar-refractivity contribution is 7.19. The Morgan fingerprint density at radius 2 is 1.73 bits per heavy atom. The molecule has 0 atom stereocenters. The summed E-state index contributed by atoms with van der Waals surface area (Å²) in [5.41, 5.74) is 1.23. The van der Waals surface area contributed by atoms with Crippen molar-refractivity contribution in [3.63, 3.8) is 0 Å². The van der Waals surface area contributed by atoms with Crippen molar-refractivity contribution in [2.45, 2.75) is 0 Å². The molecule has 6 nitrogen and oxygen atoms in total. The summed E-state index contributed by atoms with van der Waals surface area (Å²) in [5, 5.41) is 20.8. The number of rotatable bonds is 5. The lowest BCUT2D eigenvalue weighted by molar-refractivity contribution is 0.324. The summed E-state index contributed by atoms with van der Waals surface area (Å²) < 4.78 is 16.8. The van der Waals surface area contributed by atoms with Gasteiger partial charge in [0.15, 0.2) is 11.5 Å². The minimum atomic E-state index is -0.203. The standard InChI is InChI=1S/C19H16N2O4S/c1-23-14-8-11(9-15(24-2)18(14)25-3)17(22)12(10-20)19-21-13-6-4-5-7-16(13)26-19/h4-9,22H,1-3H3/b17-12+. The number of allylic oxidation sites excluding steroid dienone is 1. The highest BCUT2D eigenvalue weighted by Gasteiger charge is 2.19. The number of nitriles is 1. The summed E-state index contributed by atoms with van der Waals surface area (Å²) in [6.45, 7) is 0. The van der Waals surface area contributed by atoms with E-state index in [1.807, 2.05) is 30.3 Å². The fraction of sp³-hybridized carbons (Fsp3) is 0.158. The van der Waals surface area contributed by atoms with Crippen LogP contribution in [0.15, 0.2) is 36.4 Å². The van der Waals surface area contributed by atoms with Crippen LogP contribution in [0, 0.1) is 11.3 Å². The lowest BCUT2D eigenvalue weighted by Crippen LogP contribution is -1.98. The van der Waals surface area contributed by atoms with Crippen LogP contribution in [0.5, 0.6) is 17.2 Å². The molecule has 2 aromatic carbocycles. The first-order valence-corrected chi connectivity index (χ1v) is 8.44. The van der Waals surface area contributed by atoms with Crippen LogP contribution in [0.3, 0.4) is 0 Å². The van der Waals surface area contributed by atoms with E-state index in [1.54, 1.807) is 12.1 Å². The molecule has 0 spiro atoms. The van der Waals surface area contributed by atoms with Gasteiger partial charge in [0.05, 0.1) is 31.5 Å². The second kappa shape index (κ2) is 7.33. The van der Waals surface area contributed by atoms with Gasteiger partial charge < -0.3 is 19.3 Å². The lowest BCUT2D eigenvalue weighted by Gasteiger charge is -2.14. The second-order valence-electron chi connectivity index (χ2n) is 5.24. The molecule has 0 bridgehead atoms. The SMILES string of the molecule is COc1cc(/C(O)=C(/C#N)c2nc3ccccc3s2)cc(OC)c1OC. The van der Waals surface area contributed by atoms with Crippen molar-refractivity contribution >= 4 is 32.9 Å². The van der Waals surface area contributed by atoms with Crippen molar-refractivity contribution in [1.82, 2.24) is 4.98 Å². The number of para-hydroxylation sites is 1. The Morgan fingerprint density at radius 1 is 1.08 bits per heavy atom. The maximum absolute atomic E-state index is 10.7. The van der Waals surface area contributed by atoms with Gasteiger partial charge in [-0.1, -0.05) is 12.1 Å². The largest absolute Gasteiger partial charge is 0.506 e. The number of aliphatic hydroxyl groups excluding tert-OH is 1. The molecule has 7 heteroatoms. The third-order valence-electron chi connectivity index (χ3n) is 3.79. The van der Waals surface area contributed by atoms with Crippen molar-refractivity contribution in [3.05, 3.63) is 47.0 Å². The molecule has 26 heavy (non-hydrogen) atoms. The molecule has 0 radical (unpaired) electrons. The van der Waals surface area contributed by atoms with Gasteiger partial charge in [0, 0.05) is 5.56 Å². The quantitative estimate of drug-likeness (QED) is 0.535. The first-order valence-electron chi connectivity index (χ1n) is 7.62. The van der Waals surface area contributed by atoms with Gasteiger partial charge in [0.1, 0.15) is 22.4 Å². The predicted molar refractivity (Wildman–Crippen MR) is 101 cm³/mol. The Kier molecular flexibility index (Phi) is 4.96. The minimum Gasteiger partial charge on any atom is -0.506 e. The number of ether oxygens (including phenoxy) is 3. The number of benzene rings is 2. The molecule has 0 aliphatic carbocycles. The zero-order valence-electron chi connectivity index (χ0n) is 14.4. The summed E-state index contributed by atoms with van der Waals surface area (Å²) in [6.07, 6.45) is 0. The van der Waals surface area contributed by atoms with E-state index in [2.05, 4.69) is 4.98 Å². The minimum absolute atomic E-state index is 0.0838. The number of aromatic nitrogens is 1. The number of nitrogens with zero attached hydrogens (tertiary/aromatic N) is 2. The third-order valence-corrected chi connectivity index (χ3v) is 4.85. The first kappa shape index (κ1) is 17.6. The average molecular weight is 368 g/mol. The summed E-state index contributed by atoms with van der Waals surface area (Å²) in [7, 11) is 4.47. The van der Waals surface area contributed by atoms with Crippen LogP contribution in [-0.2, 0) is 0 Å². The van der Waals surface area contributed by atoms with Gasteiger partial charge in [-0.2, -0.15) is 5.26 Å².